The number of hydrogen-bond acceptors (Lipinski definition) is 7. The second-order valence-corrected chi connectivity index (χ2v) is 9.55. The third-order valence-corrected chi connectivity index (χ3v) is 6.96. The van der Waals surface area contributed by atoms with Crippen LogP contribution < -0.4 is 5.32 Å². The van der Waals surface area contributed by atoms with Crippen LogP contribution in [0.25, 0.3) is 5.69 Å². The van der Waals surface area contributed by atoms with Gasteiger partial charge in [-0.15, -0.1) is 10.2 Å². The van der Waals surface area contributed by atoms with E-state index in [1.54, 1.807) is 0 Å². The van der Waals surface area contributed by atoms with Crippen molar-refractivity contribution in [3.63, 3.8) is 0 Å². The zero-order chi connectivity index (χ0) is 23.2. The van der Waals surface area contributed by atoms with E-state index in [1.165, 1.54) is 42.9 Å². The Morgan fingerprint density at radius 3 is 2.82 bits per heavy atom. The van der Waals surface area contributed by atoms with Gasteiger partial charge in [-0.2, -0.15) is 0 Å². The van der Waals surface area contributed by atoms with Crippen molar-refractivity contribution in [1.29, 1.82) is 0 Å². The summed E-state index contributed by atoms with van der Waals surface area (Å²) in [5.41, 5.74) is 2.52. The standard InChI is InChI=1S/C24H32N6O2S/c1-17-8-10-20(11-9-17)30-19(3)27-28-24(30)33-16-22-26-21(15-32-22)23(31)25-12-6-14-29-13-5-4-7-18(29)2/h8-11,15,18H,4-7,12-14,16H2,1-3H3,(H,25,31). The number of hydrogen-bond donors (Lipinski definition) is 1. The fraction of sp³-hybridized carbons (Fsp3) is 0.500. The fourth-order valence-corrected chi connectivity index (χ4v) is 4.95. The number of likely N-dealkylation sites (tertiary alicyclic amines) is 1. The van der Waals surface area contributed by atoms with E-state index in [0.29, 0.717) is 29.9 Å². The topological polar surface area (TPSA) is 89.1 Å². The Bertz CT molecular complexity index is 1060. The predicted octanol–water partition coefficient (Wildman–Crippen LogP) is 4.16. The monoisotopic (exact) mass is 468 g/mol. The van der Waals surface area contributed by atoms with Crippen molar-refractivity contribution in [3.8, 4) is 5.69 Å². The first-order valence-corrected chi connectivity index (χ1v) is 12.6. The third-order valence-electron chi connectivity index (χ3n) is 6.04. The first-order chi connectivity index (χ1) is 16.0. The van der Waals surface area contributed by atoms with Crippen molar-refractivity contribution < 1.29 is 9.21 Å². The maximum Gasteiger partial charge on any atom is 0.273 e. The molecule has 0 saturated carbocycles. The molecule has 1 amide bonds. The number of nitrogens with one attached hydrogen (secondary N) is 1. The van der Waals surface area contributed by atoms with Gasteiger partial charge in [0.2, 0.25) is 5.89 Å². The molecule has 8 nitrogen and oxygen atoms in total. The molecule has 1 N–H and O–H groups in total. The van der Waals surface area contributed by atoms with E-state index in [-0.39, 0.29) is 5.91 Å². The van der Waals surface area contributed by atoms with Gasteiger partial charge in [-0.3, -0.25) is 9.36 Å². The third kappa shape index (κ3) is 6.03. The van der Waals surface area contributed by atoms with Crippen LogP contribution in [0.4, 0.5) is 0 Å². The summed E-state index contributed by atoms with van der Waals surface area (Å²) in [5.74, 6) is 1.57. The summed E-state index contributed by atoms with van der Waals surface area (Å²) < 4.78 is 7.54. The lowest BCUT2D eigenvalue weighted by molar-refractivity contribution is 0.0944. The van der Waals surface area contributed by atoms with Gasteiger partial charge in [0, 0.05) is 24.8 Å². The molecule has 3 aromatic rings. The van der Waals surface area contributed by atoms with Crippen molar-refractivity contribution >= 4 is 17.7 Å². The van der Waals surface area contributed by atoms with Gasteiger partial charge in [-0.05, 0) is 58.7 Å². The number of aryl methyl sites for hydroxylation is 2. The molecule has 0 aliphatic carbocycles. The van der Waals surface area contributed by atoms with E-state index in [2.05, 4.69) is 63.5 Å². The maximum absolute atomic E-state index is 12.4. The number of amides is 1. The minimum absolute atomic E-state index is 0.194. The van der Waals surface area contributed by atoms with Gasteiger partial charge in [0.05, 0.1) is 5.75 Å². The van der Waals surface area contributed by atoms with Crippen LogP contribution in [0.15, 0.2) is 40.1 Å². The number of oxazole rings is 1. The van der Waals surface area contributed by atoms with Gasteiger partial charge in [-0.25, -0.2) is 4.98 Å². The van der Waals surface area contributed by atoms with E-state index in [9.17, 15) is 4.79 Å². The molecule has 0 radical (unpaired) electrons. The van der Waals surface area contributed by atoms with E-state index in [1.807, 2.05) is 11.5 Å². The maximum atomic E-state index is 12.4. The predicted molar refractivity (Wildman–Crippen MR) is 129 cm³/mol. The number of carbonyl (C=O) groups excluding carboxylic acids is 1. The van der Waals surface area contributed by atoms with Gasteiger partial charge in [0.1, 0.15) is 12.1 Å². The van der Waals surface area contributed by atoms with Crippen molar-refractivity contribution in [2.75, 3.05) is 19.6 Å². The smallest absolute Gasteiger partial charge is 0.273 e. The number of piperidine rings is 1. The van der Waals surface area contributed by atoms with Crippen molar-refractivity contribution in [1.82, 2.24) is 30.0 Å². The SMILES string of the molecule is Cc1ccc(-n2c(C)nnc2SCc2nc(C(=O)NCCCN3CCCCC3C)co2)cc1. The molecule has 1 atom stereocenters. The highest BCUT2D eigenvalue weighted by atomic mass is 32.2. The van der Waals surface area contributed by atoms with Gasteiger partial charge in [-0.1, -0.05) is 35.9 Å². The van der Waals surface area contributed by atoms with Gasteiger partial charge in [0.25, 0.3) is 5.91 Å². The van der Waals surface area contributed by atoms with Crippen molar-refractivity contribution in [3.05, 3.63) is 53.5 Å². The van der Waals surface area contributed by atoms with Crippen molar-refractivity contribution in [2.45, 2.75) is 63.4 Å². The Labute approximate surface area is 199 Å². The molecule has 1 fully saturated rings. The summed E-state index contributed by atoms with van der Waals surface area (Å²) in [6, 6.07) is 8.88. The molecule has 176 valence electrons. The van der Waals surface area contributed by atoms with Crippen LogP contribution in [0.5, 0.6) is 0 Å². The normalized spacial score (nSPS) is 16.8. The van der Waals surface area contributed by atoms with E-state index >= 15 is 0 Å². The first-order valence-electron chi connectivity index (χ1n) is 11.6. The fourth-order valence-electron chi connectivity index (χ4n) is 4.10. The number of benzene rings is 1. The Balaban J connectivity index is 1.27. The summed E-state index contributed by atoms with van der Waals surface area (Å²) in [5, 5.41) is 12.2. The Morgan fingerprint density at radius 1 is 1.21 bits per heavy atom. The highest BCUT2D eigenvalue weighted by molar-refractivity contribution is 7.98. The number of carbonyl (C=O) groups is 1. The highest BCUT2D eigenvalue weighted by Gasteiger charge is 2.18. The molecule has 2 aromatic heterocycles. The number of thioether (sulfide) groups is 1. The summed E-state index contributed by atoms with van der Waals surface area (Å²) in [6.45, 7) is 9.09. The van der Waals surface area contributed by atoms with Gasteiger partial charge >= 0.3 is 0 Å². The van der Waals surface area contributed by atoms with Crippen LogP contribution in [-0.4, -0.2) is 56.2 Å². The minimum Gasteiger partial charge on any atom is -0.447 e. The summed E-state index contributed by atoms with van der Waals surface area (Å²) in [7, 11) is 0. The molecule has 1 aliphatic heterocycles. The zero-order valence-electron chi connectivity index (χ0n) is 19.6. The molecule has 1 aromatic carbocycles. The molecule has 33 heavy (non-hydrogen) atoms. The molecular formula is C24H32N6O2S. The second-order valence-electron chi connectivity index (χ2n) is 8.61. The molecule has 1 saturated heterocycles. The number of nitrogens with zero attached hydrogens (tertiary/aromatic N) is 5. The van der Waals surface area contributed by atoms with Crippen LogP contribution in [0.1, 0.15) is 60.4 Å². The van der Waals surface area contributed by atoms with E-state index in [0.717, 1.165) is 36.2 Å². The van der Waals surface area contributed by atoms with Crippen LogP contribution in [-0.2, 0) is 5.75 Å². The average molecular weight is 469 g/mol. The quantitative estimate of drug-likeness (QED) is 0.373. The Morgan fingerprint density at radius 2 is 2.03 bits per heavy atom. The first kappa shape index (κ1) is 23.5. The minimum atomic E-state index is -0.194. The lowest BCUT2D eigenvalue weighted by atomic mass is 10.0. The molecule has 1 unspecified atom stereocenters. The molecular weight excluding hydrogens is 436 g/mol. The summed E-state index contributed by atoms with van der Waals surface area (Å²) in [6.07, 6.45) is 6.23. The van der Waals surface area contributed by atoms with Crippen LogP contribution >= 0.6 is 11.8 Å². The molecule has 1 aliphatic rings. The van der Waals surface area contributed by atoms with Gasteiger partial charge < -0.3 is 14.6 Å². The summed E-state index contributed by atoms with van der Waals surface area (Å²) >= 11 is 1.48. The molecule has 4 rings (SSSR count). The second kappa shape index (κ2) is 11.0. The largest absolute Gasteiger partial charge is 0.447 e. The Kier molecular flexibility index (Phi) is 7.82. The van der Waals surface area contributed by atoms with Crippen LogP contribution in [0, 0.1) is 13.8 Å². The van der Waals surface area contributed by atoms with Gasteiger partial charge in [0.15, 0.2) is 10.9 Å². The van der Waals surface area contributed by atoms with Crippen LogP contribution in [0.3, 0.4) is 0 Å². The molecule has 9 heteroatoms. The molecule has 3 heterocycles. The number of rotatable bonds is 9. The average Bonchev–Trinajstić information content (AvgIpc) is 3.43. The summed E-state index contributed by atoms with van der Waals surface area (Å²) in [4.78, 5) is 19.3. The molecule has 0 bridgehead atoms. The van der Waals surface area contributed by atoms with Crippen LogP contribution in [0.2, 0.25) is 0 Å². The van der Waals surface area contributed by atoms with Crippen molar-refractivity contribution in [2.24, 2.45) is 0 Å². The zero-order valence-corrected chi connectivity index (χ0v) is 20.4. The lowest BCUT2D eigenvalue weighted by Crippen LogP contribution is -2.39. The number of aromatic nitrogens is 4. The lowest BCUT2D eigenvalue weighted by Gasteiger charge is -2.33. The highest BCUT2D eigenvalue weighted by Crippen LogP contribution is 2.25. The Hall–Kier alpha value is -2.65. The van der Waals surface area contributed by atoms with E-state index < -0.39 is 0 Å². The van der Waals surface area contributed by atoms with E-state index in [4.69, 9.17) is 4.42 Å². The molecule has 0 spiro atoms.